The average Bonchev–Trinajstić information content (AvgIpc) is 2.91. The Labute approximate surface area is 218 Å². The van der Waals surface area contributed by atoms with E-state index in [4.69, 9.17) is 40.0 Å². The number of hydrazone groups is 1. The van der Waals surface area contributed by atoms with Crippen molar-refractivity contribution >= 4 is 29.7 Å². The fourth-order valence-corrected chi connectivity index (χ4v) is 3.30. The van der Waals surface area contributed by atoms with Gasteiger partial charge in [-0.2, -0.15) is 5.10 Å². The maximum Gasteiger partial charge on any atom is 0.343 e. The summed E-state index contributed by atoms with van der Waals surface area (Å²) in [5.41, 5.74) is 3.13. The van der Waals surface area contributed by atoms with Gasteiger partial charge in [0.25, 0.3) is 5.91 Å². The zero-order valence-corrected chi connectivity index (χ0v) is 21.3. The summed E-state index contributed by atoms with van der Waals surface area (Å²) in [6.45, 7) is -0.239. The topological polar surface area (TPSA) is 114 Å². The van der Waals surface area contributed by atoms with Crippen molar-refractivity contribution in [1.82, 2.24) is 5.43 Å². The quantitative estimate of drug-likeness (QED) is 0.171. The van der Waals surface area contributed by atoms with Crippen LogP contribution in [0.3, 0.4) is 0 Å². The first-order valence-electron chi connectivity index (χ1n) is 10.8. The van der Waals surface area contributed by atoms with E-state index >= 15 is 0 Å². The number of hydrogen-bond acceptors (Lipinski definition) is 9. The molecule has 0 aromatic heterocycles. The number of rotatable bonds is 11. The molecule has 0 heterocycles. The number of carbonyl (C=O) groups is 2. The second-order valence-electron chi connectivity index (χ2n) is 7.25. The van der Waals surface area contributed by atoms with Crippen molar-refractivity contribution in [2.24, 2.45) is 5.10 Å². The highest BCUT2D eigenvalue weighted by Gasteiger charge is 2.19. The Hall–Kier alpha value is -4.44. The van der Waals surface area contributed by atoms with Gasteiger partial charge in [-0.3, -0.25) is 4.79 Å². The predicted molar refractivity (Wildman–Crippen MR) is 137 cm³/mol. The third-order valence-electron chi connectivity index (χ3n) is 4.86. The van der Waals surface area contributed by atoms with Crippen molar-refractivity contribution in [3.8, 4) is 34.5 Å². The van der Waals surface area contributed by atoms with Crippen molar-refractivity contribution in [3.63, 3.8) is 0 Å². The van der Waals surface area contributed by atoms with Gasteiger partial charge in [0.1, 0.15) is 5.75 Å². The number of hydrogen-bond donors (Lipinski definition) is 1. The van der Waals surface area contributed by atoms with E-state index < -0.39 is 11.9 Å². The fourth-order valence-electron chi connectivity index (χ4n) is 3.12. The summed E-state index contributed by atoms with van der Waals surface area (Å²) in [5, 5.41) is 4.41. The summed E-state index contributed by atoms with van der Waals surface area (Å²) in [4.78, 5) is 24.8. The van der Waals surface area contributed by atoms with Gasteiger partial charge >= 0.3 is 5.97 Å². The van der Waals surface area contributed by atoms with Crippen LogP contribution in [0, 0.1) is 0 Å². The van der Waals surface area contributed by atoms with Crippen LogP contribution in [-0.4, -0.2) is 53.1 Å². The lowest BCUT2D eigenvalue weighted by Gasteiger charge is -2.14. The van der Waals surface area contributed by atoms with Crippen LogP contribution in [0.2, 0.25) is 5.02 Å². The van der Waals surface area contributed by atoms with E-state index in [2.05, 4.69) is 10.5 Å². The van der Waals surface area contributed by atoms with Crippen LogP contribution in [0.5, 0.6) is 34.5 Å². The standard InChI is InChI=1S/C26H25ClN2O8/c1-32-21-10-16(14-28-29-24(30)15-36-19-7-5-6-18(27)13-19)8-9-20(21)37-26(31)17-11-22(33-2)25(35-4)23(12-17)34-3/h5-14H,15H2,1-4H3,(H,29,30). The first kappa shape index (κ1) is 27.2. The maximum atomic E-state index is 12.8. The first-order chi connectivity index (χ1) is 17.9. The molecule has 1 amide bonds. The molecule has 0 saturated heterocycles. The Balaban J connectivity index is 1.64. The molecule has 1 N–H and O–H groups in total. The lowest BCUT2D eigenvalue weighted by atomic mass is 10.1. The molecule has 0 spiro atoms. The van der Waals surface area contributed by atoms with Gasteiger partial charge in [-0.15, -0.1) is 0 Å². The van der Waals surface area contributed by atoms with Crippen LogP contribution in [0.15, 0.2) is 59.7 Å². The molecule has 0 radical (unpaired) electrons. The molecule has 0 aliphatic rings. The number of halogens is 1. The van der Waals surface area contributed by atoms with Gasteiger partial charge in [-0.25, -0.2) is 10.2 Å². The SMILES string of the molecule is COc1cc(C=NNC(=O)COc2cccc(Cl)c2)ccc1OC(=O)c1cc(OC)c(OC)c(OC)c1. The molecule has 0 bridgehead atoms. The third kappa shape index (κ3) is 7.28. The molecule has 0 saturated carbocycles. The van der Waals surface area contributed by atoms with Gasteiger partial charge in [0, 0.05) is 5.02 Å². The van der Waals surface area contributed by atoms with Crippen molar-refractivity contribution in [1.29, 1.82) is 0 Å². The van der Waals surface area contributed by atoms with Gasteiger partial charge in [0.05, 0.1) is 40.2 Å². The molecule has 3 aromatic rings. The smallest absolute Gasteiger partial charge is 0.343 e. The summed E-state index contributed by atoms with van der Waals surface area (Å²) in [6, 6.07) is 14.4. The summed E-state index contributed by atoms with van der Waals surface area (Å²) in [6.07, 6.45) is 1.41. The van der Waals surface area contributed by atoms with Gasteiger partial charge < -0.3 is 28.4 Å². The Morgan fingerprint density at radius 3 is 2.19 bits per heavy atom. The van der Waals surface area contributed by atoms with Crippen molar-refractivity contribution in [2.45, 2.75) is 0 Å². The lowest BCUT2D eigenvalue weighted by Crippen LogP contribution is -2.24. The molecule has 3 rings (SSSR count). The molecular weight excluding hydrogens is 504 g/mol. The minimum Gasteiger partial charge on any atom is -0.493 e. The van der Waals surface area contributed by atoms with Crippen LogP contribution >= 0.6 is 11.6 Å². The number of amides is 1. The van der Waals surface area contributed by atoms with Crippen molar-refractivity contribution in [2.75, 3.05) is 35.0 Å². The fraction of sp³-hybridized carbons (Fsp3) is 0.192. The van der Waals surface area contributed by atoms with E-state index in [9.17, 15) is 9.59 Å². The largest absolute Gasteiger partial charge is 0.493 e. The number of benzene rings is 3. The molecule has 11 heteroatoms. The van der Waals surface area contributed by atoms with Crippen molar-refractivity contribution < 1.29 is 38.0 Å². The second kappa shape index (κ2) is 13.0. The van der Waals surface area contributed by atoms with Crippen LogP contribution in [0.1, 0.15) is 15.9 Å². The normalized spacial score (nSPS) is 10.5. The zero-order valence-electron chi connectivity index (χ0n) is 20.6. The van der Waals surface area contributed by atoms with Crippen molar-refractivity contribution in [3.05, 3.63) is 70.7 Å². The minimum absolute atomic E-state index is 0.178. The number of nitrogens with zero attached hydrogens (tertiary/aromatic N) is 1. The second-order valence-corrected chi connectivity index (χ2v) is 7.69. The number of esters is 1. The molecule has 0 unspecified atom stereocenters. The lowest BCUT2D eigenvalue weighted by molar-refractivity contribution is -0.123. The maximum absolute atomic E-state index is 12.8. The molecule has 37 heavy (non-hydrogen) atoms. The van der Waals surface area contributed by atoms with E-state index in [0.717, 1.165) is 0 Å². The van der Waals surface area contributed by atoms with Crippen LogP contribution in [0.4, 0.5) is 0 Å². The molecule has 3 aromatic carbocycles. The highest BCUT2D eigenvalue weighted by molar-refractivity contribution is 6.30. The monoisotopic (exact) mass is 528 g/mol. The van der Waals surface area contributed by atoms with Gasteiger partial charge in [-0.05, 0) is 54.1 Å². The Morgan fingerprint density at radius 1 is 0.865 bits per heavy atom. The molecular formula is C26H25ClN2O8. The highest BCUT2D eigenvalue weighted by Crippen LogP contribution is 2.38. The van der Waals surface area contributed by atoms with Crippen LogP contribution in [-0.2, 0) is 4.79 Å². The molecule has 0 aliphatic carbocycles. The van der Waals surface area contributed by atoms with Gasteiger partial charge in [0.15, 0.2) is 29.6 Å². The number of carbonyl (C=O) groups excluding carboxylic acids is 2. The molecule has 194 valence electrons. The van der Waals surface area contributed by atoms with E-state index in [-0.39, 0.29) is 23.7 Å². The first-order valence-corrected chi connectivity index (χ1v) is 11.2. The summed E-state index contributed by atoms with van der Waals surface area (Å²) >= 11 is 5.89. The Kier molecular flexibility index (Phi) is 9.56. The minimum atomic E-state index is -0.661. The molecule has 0 aliphatic heterocycles. The summed E-state index contributed by atoms with van der Waals surface area (Å²) < 4.78 is 32.1. The van der Waals surface area contributed by atoms with Crippen LogP contribution < -0.4 is 33.8 Å². The Bertz CT molecular complexity index is 1270. The molecule has 0 atom stereocenters. The molecule has 0 fully saturated rings. The number of methoxy groups -OCH3 is 4. The van der Waals surface area contributed by atoms with E-state index in [1.165, 1.54) is 46.8 Å². The number of ether oxygens (including phenoxy) is 6. The Morgan fingerprint density at radius 2 is 1.57 bits per heavy atom. The third-order valence-corrected chi connectivity index (χ3v) is 5.09. The van der Waals surface area contributed by atoms with E-state index in [1.807, 2.05) is 0 Å². The van der Waals surface area contributed by atoms with E-state index in [1.54, 1.807) is 42.5 Å². The number of nitrogens with one attached hydrogen (secondary N) is 1. The van der Waals surface area contributed by atoms with Crippen LogP contribution in [0.25, 0.3) is 0 Å². The predicted octanol–water partition coefficient (Wildman–Crippen LogP) is 4.12. The highest BCUT2D eigenvalue weighted by atomic mass is 35.5. The van der Waals surface area contributed by atoms with E-state index in [0.29, 0.717) is 33.6 Å². The summed E-state index contributed by atoms with van der Waals surface area (Å²) in [7, 11) is 5.80. The van der Waals surface area contributed by atoms with Gasteiger partial charge in [-0.1, -0.05) is 17.7 Å². The summed E-state index contributed by atoms with van der Waals surface area (Å²) in [5.74, 6) is 0.779. The van der Waals surface area contributed by atoms with Gasteiger partial charge in [0.2, 0.25) is 5.75 Å². The molecule has 10 nitrogen and oxygen atoms in total. The average molecular weight is 529 g/mol. The zero-order chi connectivity index (χ0) is 26.8.